The summed E-state index contributed by atoms with van der Waals surface area (Å²) in [4.78, 5) is 23.1. The average molecular weight is 343 g/mol. The molecule has 6 nitrogen and oxygen atoms in total. The maximum absolute atomic E-state index is 12.3. The first-order valence-corrected chi connectivity index (χ1v) is 7.93. The third-order valence-electron chi connectivity index (χ3n) is 3.36. The number of carboxylic acids is 1. The quantitative estimate of drug-likeness (QED) is 0.670. The lowest BCUT2D eigenvalue weighted by molar-refractivity contribution is -0.136. The molecule has 0 aliphatic heterocycles. The minimum absolute atomic E-state index is 0.126. The van der Waals surface area contributed by atoms with Crippen molar-refractivity contribution >= 4 is 17.6 Å². The summed E-state index contributed by atoms with van der Waals surface area (Å²) in [7, 11) is 0. The van der Waals surface area contributed by atoms with E-state index in [-0.39, 0.29) is 17.9 Å². The molecule has 0 bridgehead atoms. The van der Waals surface area contributed by atoms with Gasteiger partial charge in [0.05, 0.1) is 18.7 Å². The standard InChI is InChI=1S/C19H21NO5/c1-12(2)11-25-15-6-4-14(5-7-15)19(24)20-16-9-13(10-18(22)23)3-8-17(16)21/h3-9,12,21H,10-11H2,1-2H3,(H,20,24)(H,22,23). The molecule has 0 saturated carbocycles. The predicted molar refractivity (Wildman–Crippen MR) is 94.2 cm³/mol. The lowest BCUT2D eigenvalue weighted by Crippen LogP contribution is -2.12. The van der Waals surface area contributed by atoms with Crippen LogP contribution in [0.2, 0.25) is 0 Å². The van der Waals surface area contributed by atoms with E-state index in [1.165, 1.54) is 18.2 Å². The number of hydrogen-bond donors (Lipinski definition) is 3. The highest BCUT2D eigenvalue weighted by Gasteiger charge is 2.11. The molecule has 0 aromatic heterocycles. The van der Waals surface area contributed by atoms with Gasteiger partial charge in [-0.05, 0) is 47.9 Å². The first-order valence-electron chi connectivity index (χ1n) is 7.93. The Bertz CT molecular complexity index is 753. The number of phenols is 1. The Labute approximate surface area is 146 Å². The summed E-state index contributed by atoms with van der Waals surface area (Å²) in [6.07, 6.45) is -0.189. The number of phenolic OH excluding ortho intramolecular Hbond substituents is 1. The zero-order chi connectivity index (χ0) is 18.4. The number of carbonyl (C=O) groups is 2. The second-order valence-corrected chi connectivity index (χ2v) is 6.11. The van der Waals surface area contributed by atoms with Crippen LogP contribution in [0.4, 0.5) is 5.69 Å². The van der Waals surface area contributed by atoms with Gasteiger partial charge in [-0.2, -0.15) is 0 Å². The summed E-state index contributed by atoms with van der Waals surface area (Å²) in [5.41, 5.74) is 1.06. The Morgan fingerprint density at radius 2 is 1.80 bits per heavy atom. The van der Waals surface area contributed by atoms with Crippen LogP contribution < -0.4 is 10.1 Å². The first kappa shape index (κ1) is 18.3. The van der Waals surface area contributed by atoms with E-state index in [0.717, 1.165) is 0 Å². The Morgan fingerprint density at radius 3 is 2.40 bits per heavy atom. The monoisotopic (exact) mass is 343 g/mol. The molecule has 6 heteroatoms. The van der Waals surface area contributed by atoms with Gasteiger partial charge in [0.2, 0.25) is 0 Å². The van der Waals surface area contributed by atoms with Gasteiger partial charge in [0.15, 0.2) is 0 Å². The van der Waals surface area contributed by atoms with E-state index in [0.29, 0.717) is 29.4 Å². The molecule has 0 aliphatic carbocycles. The summed E-state index contributed by atoms with van der Waals surface area (Å²) >= 11 is 0. The molecule has 2 aromatic rings. The SMILES string of the molecule is CC(C)COc1ccc(C(=O)Nc2cc(CC(=O)O)ccc2O)cc1. The summed E-state index contributed by atoms with van der Waals surface area (Å²) in [6.45, 7) is 4.69. The number of rotatable bonds is 7. The summed E-state index contributed by atoms with van der Waals surface area (Å²) < 4.78 is 5.56. The zero-order valence-corrected chi connectivity index (χ0v) is 14.2. The van der Waals surface area contributed by atoms with Crippen LogP contribution in [0.1, 0.15) is 29.8 Å². The molecule has 1 amide bonds. The maximum atomic E-state index is 12.3. The molecule has 0 saturated heterocycles. The minimum atomic E-state index is -0.986. The van der Waals surface area contributed by atoms with Crippen LogP contribution in [0.15, 0.2) is 42.5 Å². The van der Waals surface area contributed by atoms with E-state index in [1.807, 2.05) is 13.8 Å². The van der Waals surface area contributed by atoms with Crippen LogP contribution in [0.3, 0.4) is 0 Å². The number of benzene rings is 2. The number of carboxylic acid groups (broad SMARTS) is 1. The lowest BCUT2D eigenvalue weighted by atomic mass is 10.1. The van der Waals surface area contributed by atoms with Crippen LogP contribution >= 0.6 is 0 Å². The average Bonchev–Trinajstić information content (AvgIpc) is 2.56. The highest BCUT2D eigenvalue weighted by molar-refractivity contribution is 6.05. The van der Waals surface area contributed by atoms with E-state index < -0.39 is 11.9 Å². The fourth-order valence-electron chi connectivity index (χ4n) is 2.13. The van der Waals surface area contributed by atoms with Gasteiger partial charge in [0.25, 0.3) is 5.91 Å². The second kappa shape index (κ2) is 8.19. The zero-order valence-electron chi connectivity index (χ0n) is 14.2. The van der Waals surface area contributed by atoms with Gasteiger partial charge in [-0.1, -0.05) is 19.9 Å². The van der Waals surface area contributed by atoms with E-state index >= 15 is 0 Å². The van der Waals surface area contributed by atoms with Crippen LogP contribution in [-0.2, 0) is 11.2 Å². The van der Waals surface area contributed by atoms with Crippen molar-refractivity contribution in [3.8, 4) is 11.5 Å². The third-order valence-corrected chi connectivity index (χ3v) is 3.36. The van der Waals surface area contributed by atoms with Gasteiger partial charge in [-0.3, -0.25) is 9.59 Å². The van der Waals surface area contributed by atoms with Crippen molar-refractivity contribution in [2.75, 3.05) is 11.9 Å². The molecule has 132 valence electrons. The fraction of sp³-hybridized carbons (Fsp3) is 0.263. The molecule has 0 unspecified atom stereocenters. The molecule has 0 radical (unpaired) electrons. The van der Waals surface area contributed by atoms with Crippen LogP contribution in [0, 0.1) is 5.92 Å². The summed E-state index contributed by atoms with van der Waals surface area (Å²) in [5, 5.41) is 21.3. The molecule has 0 heterocycles. The Balaban J connectivity index is 2.07. The lowest BCUT2D eigenvalue weighted by Gasteiger charge is -2.11. The molecule has 25 heavy (non-hydrogen) atoms. The summed E-state index contributed by atoms with van der Waals surface area (Å²) in [6, 6.07) is 11.0. The smallest absolute Gasteiger partial charge is 0.307 e. The van der Waals surface area contributed by atoms with E-state index in [4.69, 9.17) is 9.84 Å². The molecule has 3 N–H and O–H groups in total. The Kier molecular flexibility index (Phi) is 6.00. The highest BCUT2D eigenvalue weighted by atomic mass is 16.5. The topological polar surface area (TPSA) is 95.9 Å². The number of nitrogens with one attached hydrogen (secondary N) is 1. The number of anilines is 1. The predicted octanol–water partition coefficient (Wildman–Crippen LogP) is 3.31. The second-order valence-electron chi connectivity index (χ2n) is 6.11. The van der Waals surface area contributed by atoms with Crippen molar-refractivity contribution < 1.29 is 24.5 Å². The Morgan fingerprint density at radius 1 is 1.12 bits per heavy atom. The number of aliphatic carboxylic acids is 1. The van der Waals surface area contributed by atoms with Crippen molar-refractivity contribution in [2.45, 2.75) is 20.3 Å². The van der Waals surface area contributed by atoms with Gasteiger partial charge in [0.1, 0.15) is 11.5 Å². The van der Waals surface area contributed by atoms with Crippen molar-refractivity contribution in [3.63, 3.8) is 0 Å². The largest absolute Gasteiger partial charge is 0.506 e. The molecular formula is C19H21NO5. The van der Waals surface area contributed by atoms with Gasteiger partial charge in [-0.15, -0.1) is 0 Å². The van der Waals surface area contributed by atoms with E-state index in [2.05, 4.69) is 5.32 Å². The van der Waals surface area contributed by atoms with E-state index in [9.17, 15) is 14.7 Å². The number of aromatic hydroxyl groups is 1. The van der Waals surface area contributed by atoms with Crippen LogP contribution in [0.25, 0.3) is 0 Å². The van der Waals surface area contributed by atoms with Crippen molar-refractivity contribution in [1.29, 1.82) is 0 Å². The molecule has 2 rings (SSSR count). The highest BCUT2D eigenvalue weighted by Crippen LogP contribution is 2.25. The molecule has 0 spiro atoms. The fourth-order valence-corrected chi connectivity index (χ4v) is 2.13. The van der Waals surface area contributed by atoms with Crippen molar-refractivity contribution in [2.24, 2.45) is 5.92 Å². The van der Waals surface area contributed by atoms with Gasteiger partial charge in [-0.25, -0.2) is 0 Å². The van der Waals surface area contributed by atoms with Crippen LogP contribution in [-0.4, -0.2) is 28.7 Å². The summed E-state index contributed by atoms with van der Waals surface area (Å²) in [5.74, 6) is -0.432. The van der Waals surface area contributed by atoms with Gasteiger partial charge in [0, 0.05) is 5.56 Å². The molecular weight excluding hydrogens is 322 g/mol. The van der Waals surface area contributed by atoms with Crippen molar-refractivity contribution in [1.82, 2.24) is 0 Å². The number of carbonyl (C=O) groups excluding carboxylic acids is 1. The molecule has 2 aromatic carbocycles. The van der Waals surface area contributed by atoms with Gasteiger partial charge < -0.3 is 20.3 Å². The van der Waals surface area contributed by atoms with Crippen molar-refractivity contribution in [3.05, 3.63) is 53.6 Å². The third kappa shape index (κ3) is 5.53. The minimum Gasteiger partial charge on any atom is -0.506 e. The van der Waals surface area contributed by atoms with Gasteiger partial charge >= 0.3 is 5.97 Å². The number of amides is 1. The Hall–Kier alpha value is -3.02. The van der Waals surface area contributed by atoms with Crippen LogP contribution in [0.5, 0.6) is 11.5 Å². The molecule has 0 fully saturated rings. The number of ether oxygens (including phenoxy) is 1. The molecule has 0 aliphatic rings. The number of hydrogen-bond acceptors (Lipinski definition) is 4. The maximum Gasteiger partial charge on any atom is 0.307 e. The normalized spacial score (nSPS) is 10.5. The molecule has 0 atom stereocenters. The first-order chi connectivity index (χ1) is 11.8. The van der Waals surface area contributed by atoms with E-state index in [1.54, 1.807) is 24.3 Å².